The van der Waals surface area contributed by atoms with Crippen LogP contribution in [-0.4, -0.2) is 26.3 Å². The molecule has 128 valence electrons. The van der Waals surface area contributed by atoms with Crippen LogP contribution in [0.15, 0.2) is 55.1 Å². The fourth-order valence-corrected chi connectivity index (χ4v) is 2.59. The van der Waals surface area contributed by atoms with Crippen LogP contribution < -0.4 is 5.69 Å². The summed E-state index contributed by atoms with van der Waals surface area (Å²) in [5.41, 5.74) is 0.337. The molecule has 7 nitrogen and oxygen atoms in total. The third-order valence-electron chi connectivity index (χ3n) is 2.69. The number of aromatic nitrogens is 4. The summed E-state index contributed by atoms with van der Waals surface area (Å²) in [4.78, 5) is 24.3. The topological polar surface area (TPSA) is 93.0 Å². The summed E-state index contributed by atoms with van der Waals surface area (Å²) >= 11 is 6.16. The van der Waals surface area contributed by atoms with E-state index in [4.69, 9.17) is 0 Å². The van der Waals surface area contributed by atoms with Crippen LogP contribution >= 0.6 is 31.9 Å². The predicted molar refractivity (Wildman–Crippen MR) is 91.5 cm³/mol. The maximum Gasteiger partial charge on any atom is 0.365 e. The highest BCUT2D eigenvalue weighted by atomic mass is 79.9. The van der Waals surface area contributed by atoms with Crippen molar-refractivity contribution in [2.45, 2.75) is 0 Å². The molecule has 0 spiro atoms. The van der Waals surface area contributed by atoms with Crippen LogP contribution in [0.3, 0.4) is 0 Å². The molecule has 11 heteroatoms. The number of aliphatic imine (C=N–C) groups is 1. The highest BCUT2D eigenvalue weighted by Gasteiger charge is 2.07. The molecule has 0 saturated heterocycles. The van der Waals surface area contributed by atoms with Gasteiger partial charge in [-0.1, -0.05) is 0 Å². The molecule has 2 aromatic carbocycles. The molecule has 0 radical (unpaired) electrons. The van der Waals surface area contributed by atoms with E-state index in [1.807, 2.05) is 0 Å². The van der Waals surface area contributed by atoms with Crippen molar-refractivity contribution in [2.24, 2.45) is 4.99 Å². The molecule has 1 heterocycles. The van der Waals surface area contributed by atoms with E-state index in [0.29, 0.717) is 20.3 Å². The van der Waals surface area contributed by atoms with Gasteiger partial charge in [0, 0.05) is 8.95 Å². The van der Waals surface area contributed by atoms with Gasteiger partial charge in [0.2, 0.25) is 6.08 Å². The van der Waals surface area contributed by atoms with Crippen molar-refractivity contribution in [2.75, 3.05) is 0 Å². The maximum absolute atomic E-state index is 12.7. The Morgan fingerprint density at radius 2 is 1.72 bits per heavy atom. The monoisotopic (exact) mass is 473 g/mol. The zero-order chi connectivity index (χ0) is 18.4. The van der Waals surface area contributed by atoms with Crippen LogP contribution in [0.1, 0.15) is 0 Å². The highest BCUT2D eigenvalue weighted by Crippen LogP contribution is 2.25. The quantitative estimate of drug-likeness (QED) is 0.455. The number of H-pyrrole nitrogens is 1. The molecule has 0 atom stereocenters. The van der Waals surface area contributed by atoms with Crippen molar-refractivity contribution in [3.63, 3.8) is 0 Å². The van der Waals surface area contributed by atoms with Gasteiger partial charge in [-0.2, -0.15) is 9.67 Å². The van der Waals surface area contributed by atoms with Crippen LogP contribution in [0.2, 0.25) is 0 Å². The van der Waals surface area contributed by atoms with Crippen LogP contribution in [-0.2, 0) is 4.79 Å². The number of nitrogens with zero attached hydrogens (tertiary/aromatic N) is 4. The van der Waals surface area contributed by atoms with Gasteiger partial charge in [0.15, 0.2) is 0 Å². The van der Waals surface area contributed by atoms with Crippen molar-refractivity contribution < 1.29 is 13.6 Å². The molecule has 3 aromatic rings. The SMILES string of the molecule is O=C=Nc1ccc(F)cc1Br.O=c1[nH]nnn1-c1ccc(F)cc1Br. The van der Waals surface area contributed by atoms with Crippen molar-refractivity contribution >= 4 is 43.6 Å². The number of tetrazole rings is 1. The average Bonchev–Trinajstić information content (AvgIpc) is 2.97. The molecular formula is C14H7Br2F2N5O2. The lowest BCUT2D eigenvalue weighted by atomic mass is 10.3. The molecule has 0 amide bonds. The molecule has 0 aliphatic carbocycles. The van der Waals surface area contributed by atoms with Gasteiger partial charge in [-0.25, -0.2) is 23.5 Å². The second-order valence-corrected chi connectivity index (χ2v) is 6.02. The van der Waals surface area contributed by atoms with E-state index in [2.05, 4.69) is 52.4 Å². The van der Waals surface area contributed by atoms with Gasteiger partial charge in [0.05, 0.1) is 11.4 Å². The van der Waals surface area contributed by atoms with Gasteiger partial charge in [-0.15, -0.1) is 0 Å². The average molecular weight is 475 g/mol. The molecule has 0 aliphatic rings. The Morgan fingerprint density at radius 3 is 2.24 bits per heavy atom. The Morgan fingerprint density at radius 1 is 1.08 bits per heavy atom. The Hall–Kier alpha value is -2.49. The van der Waals surface area contributed by atoms with E-state index in [-0.39, 0.29) is 5.82 Å². The van der Waals surface area contributed by atoms with Gasteiger partial charge in [-0.3, -0.25) is 0 Å². The first kappa shape index (κ1) is 18.8. The number of benzene rings is 2. The Bertz CT molecular complexity index is 999. The summed E-state index contributed by atoms with van der Waals surface area (Å²) in [6.07, 6.45) is 1.37. The molecule has 3 rings (SSSR count). The predicted octanol–water partition coefficient (Wildman–Crippen LogP) is 3.41. The van der Waals surface area contributed by atoms with Gasteiger partial charge in [0.1, 0.15) is 11.6 Å². The lowest BCUT2D eigenvalue weighted by molar-refractivity contribution is 0.565. The number of hydrogen-bond donors (Lipinski definition) is 1. The van der Waals surface area contributed by atoms with Crippen LogP contribution in [0.25, 0.3) is 5.69 Å². The largest absolute Gasteiger partial charge is 0.365 e. The minimum Gasteiger partial charge on any atom is -0.244 e. The smallest absolute Gasteiger partial charge is 0.244 e. The van der Waals surface area contributed by atoms with E-state index < -0.39 is 11.5 Å². The molecule has 0 bridgehead atoms. The summed E-state index contributed by atoms with van der Waals surface area (Å²) < 4.78 is 27.1. The molecule has 1 N–H and O–H groups in total. The molecule has 25 heavy (non-hydrogen) atoms. The third kappa shape index (κ3) is 4.99. The highest BCUT2D eigenvalue weighted by molar-refractivity contribution is 9.11. The van der Waals surface area contributed by atoms with E-state index in [1.54, 1.807) is 0 Å². The normalized spacial score (nSPS) is 9.76. The van der Waals surface area contributed by atoms with Crippen molar-refractivity contribution in [1.29, 1.82) is 0 Å². The van der Waals surface area contributed by atoms with E-state index >= 15 is 0 Å². The maximum atomic E-state index is 12.7. The Labute approximate surface area is 155 Å². The Kier molecular flexibility index (Phi) is 6.45. The standard InChI is InChI=1S/C7H4BrFN4O.C7H3BrFNO/c8-5-3-4(9)1-2-6(5)13-7(14)10-11-12-13;8-6-3-5(9)1-2-7(6)10-4-11/h1-3H,(H,10,12,14);1-3H. The first-order valence-electron chi connectivity index (χ1n) is 6.41. The van der Waals surface area contributed by atoms with Gasteiger partial charge in [0.25, 0.3) is 0 Å². The first-order chi connectivity index (χ1) is 11.9. The summed E-state index contributed by atoms with van der Waals surface area (Å²) in [6.45, 7) is 0. The second-order valence-electron chi connectivity index (χ2n) is 4.31. The third-order valence-corrected chi connectivity index (χ3v) is 3.96. The second kappa shape index (κ2) is 8.56. The molecule has 0 unspecified atom stereocenters. The van der Waals surface area contributed by atoms with Crippen LogP contribution in [0.4, 0.5) is 14.5 Å². The lowest BCUT2D eigenvalue weighted by Crippen LogP contribution is -2.16. The van der Waals surface area contributed by atoms with E-state index in [1.165, 1.54) is 42.5 Å². The minimum absolute atomic E-state index is 0.373. The van der Waals surface area contributed by atoms with Gasteiger partial charge >= 0.3 is 5.69 Å². The fourth-order valence-electron chi connectivity index (χ4n) is 1.63. The summed E-state index contributed by atoms with van der Waals surface area (Å²) in [5, 5.41) is 8.99. The lowest BCUT2D eigenvalue weighted by Gasteiger charge is -2.00. The fraction of sp³-hybridized carbons (Fsp3) is 0. The first-order valence-corrected chi connectivity index (χ1v) is 7.99. The van der Waals surface area contributed by atoms with Gasteiger partial charge < -0.3 is 0 Å². The number of rotatable bonds is 2. The van der Waals surface area contributed by atoms with Crippen molar-refractivity contribution in [1.82, 2.24) is 20.2 Å². The van der Waals surface area contributed by atoms with Gasteiger partial charge in [-0.05, 0) is 78.7 Å². The number of aromatic amines is 1. The summed E-state index contributed by atoms with van der Waals surface area (Å²) in [5.74, 6) is -0.765. The Balaban J connectivity index is 0.000000186. The number of halogens is 4. The zero-order valence-electron chi connectivity index (χ0n) is 12.1. The number of hydrogen-bond acceptors (Lipinski definition) is 5. The van der Waals surface area contributed by atoms with E-state index in [0.717, 1.165) is 4.68 Å². The van der Waals surface area contributed by atoms with Crippen molar-refractivity contribution in [3.8, 4) is 5.69 Å². The molecule has 0 fully saturated rings. The summed E-state index contributed by atoms with van der Waals surface area (Å²) in [7, 11) is 0. The van der Waals surface area contributed by atoms with E-state index in [9.17, 15) is 18.4 Å². The minimum atomic E-state index is -0.475. The van der Waals surface area contributed by atoms with Crippen LogP contribution in [0, 0.1) is 11.6 Å². The molecule has 0 aliphatic heterocycles. The van der Waals surface area contributed by atoms with Crippen molar-refractivity contribution in [3.05, 3.63) is 67.5 Å². The zero-order valence-corrected chi connectivity index (χ0v) is 15.3. The molecule has 1 aromatic heterocycles. The molecular weight excluding hydrogens is 468 g/mol. The number of isocyanates is 1. The number of carbonyl (C=O) groups excluding carboxylic acids is 1. The number of nitrogens with one attached hydrogen (secondary N) is 1. The summed E-state index contributed by atoms with van der Waals surface area (Å²) in [6, 6.07) is 7.77. The molecule has 0 saturated carbocycles. The van der Waals surface area contributed by atoms with Crippen LogP contribution in [0.5, 0.6) is 0 Å².